The Hall–Kier alpha value is -1.46. The number of aromatic nitrogens is 1. The quantitative estimate of drug-likeness (QED) is 0.811. The van der Waals surface area contributed by atoms with E-state index in [-0.39, 0.29) is 5.91 Å². The van der Waals surface area contributed by atoms with E-state index >= 15 is 0 Å². The molecule has 1 aromatic rings. The van der Waals surface area contributed by atoms with Crippen molar-refractivity contribution in [1.29, 1.82) is 0 Å². The number of hydrogen-bond acceptors (Lipinski definition) is 4. The molecule has 2 rings (SSSR count). The third-order valence-corrected chi connectivity index (χ3v) is 3.38. The number of pyridine rings is 1. The van der Waals surface area contributed by atoms with E-state index < -0.39 is 0 Å². The fourth-order valence-electron chi connectivity index (χ4n) is 2.19. The predicted molar refractivity (Wildman–Crippen MR) is 74.9 cm³/mol. The highest BCUT2D eigenvalue weighted by Crippen LogP contribution is 2.00. The number of likely N-dealkylation sites (N-methyl/N-ethyl adjacent to an activating group) is 1. The van der Waals surface area contributed by atoms with Gasteiger partial charge < -0.3 is 10.2 Å². The number of nitrogens with one attached hydrogen (secondary N) is 1. The summed E-state index contributed by atoms with van der Waals surface area (Å²) in [6, 6.07) is 4.01. The molecule has 5 nitrogen and oxygen atoms in total. The fourth-order valence-corrected chi connectivity index (χ4v) is 2.19. The molecule has 0 spiro atoms. The van der Waals surface area contributed by atoms with Crippen LogP contribution >= 0.6 is 0 Å². The van der Waals surface area contributed by atoms with E-state index in [4.69, 9.17) is 0 Å². The van der Waals surface area contributed by atoms with Crippen LogP contribution in [0.4, 0.5) is 0 Å². The van der Waals surface area contributed by atoms with Crippen LogP contribution in [0.2, 0.25) is 0 Å². The van der Waals surface area contributed by atoms with Gasteiger partial charge in [0, 0.05) is 45.1 Å². The van der Waals surface area contributed by atoms with Crippen LogP contribution in [0.5, 0.6) is 0 Å². The molecule has 1 amide bonds. The number of hydrogen-bond donors (Lipinski definition) is 1. The van der Waals surface area contributed by atoms with Crippen LogP contribution in [0.25, 0.3) is 0 Å². The molecule has 1 aliphatic heterocycles. The lowest BCUT2D eigenvalue weighted by atomic mass is 10.2. The summed E-state index contributed by atoms with van der Waals surface area (Å²) in [5, 5.41) is 3.26. The van der Waals surface area contributed by atoms with Crippen LogP contribution in [0.15, 0.2) is 24.5 Å². The number of nitrogens with zero attached hydrogens (tertiary/aromatic N) is 3. The van der Waals surface area contributed by atoms with E-state index in [9.17, 15) is 4.79 Å². The molecular weight excluding hydrogens is 240 g/mol. The van der Waals surface area contributed by atoms with Gasteiger partial charge in [-0.15, -0.1) is 0 Å². The van der Waals surface area contributed by atoms with E-state index in [0.717, 1.165) is 39.1 Å². The molecule has 2 heterocycles. The molecule has 1 aliphatic rings. The van der Waals surface area contributed by atoms with Gasteiger partial charge in [-0.1, -0.05) is 6.07 Å². The van der Waals surface area contributed by atoms with E-state index in [1.165, 1.54) is 5.56 Å². The molecule has 0 aromatic carbocycles. The van der Waals surface area contributed by atoms with Crippen molar-refractivity contribution < 1.29 is 4.79 Å². The highest BCUT2D eigenvalue weighted by Gasteiger charge is 2.17. The molecule has 19 heavy (non-hydrogen) atoms. The van der Waals surface area contributed by atoms with E-state index in [0.29, 0.717) is 6.54 Å². The van der Waals surface area contributed by atoms with Gasteiger partial charge in [-0.2, -0.15) is 0 Å². The fraction of sp³-hybridized carbons (Fsp3) is 0.571. The number of carbonyl (C=O) groups excluding carboxylic acids is 1. The summed E-state index contributed by atoms with van der Waals surface area (Å²) in [6.45, 7) is 4.85. The molecule has 1 N–H and O–H groups in total. The summed E-state index contributed by atoms with van der Waals surface area (Å²) in [5.41, 5.74) is 1.21. The lowest BCUT2D eigenvalue weighted by molar-refractivity contribution is -0.132. The second kappa shape index (κ2) is 7.21. The van der Waals surface area contributed by atoms with E-state index in [2.05, 4.69) is 21.3 Å². The molecule has 1 aromatic heterocycles. The first-order valence-corrected chi connectivity index (χ1v) is 6.81. The zero-order valence-corrected chi connectivity index (χ0v) is 11.5. The topological polar surface area (TPSA) is 48.5 Å². The predicted octanol–water partition coefficient (Wildman–Crippen LogP) is -0.0123. The molecule has 0 saturated carbocycles. The Morgan fingerprint density at radius 3 is 2.95 bits per heavy atom. The van der Waals surface area contributed by atoms with Gasteiger partial charge in [0.05, 0.1) is 6.54 Å². The van der Waals surface area contributed by atoms with Crippen molar-refractivity contribution in [2.45, 2.75) is 6.42 Å². The average Bonchev–Trinajstić information content (AvgIpc) is 2.47. The van der Waals surface area contributed by atoms with Gasteiger partial charge in [0.25, 0.3) is 0 Å². The van der Waals surface area contributed by atoms with Crippen molar-refractivity contribution in [3.63, 3.8) is 0 Å². The zero-order chi connectivity index (χ0) is 13.5. The Labute approximate surface area is 114 Å². The Morgan fingerprint density at radius 1 is 1.47 bits per heavy atom. The number of piperazine rings is 1. The first-order valence-electron chi connectivity index (χ1n) is 6.81. The Kier molecular flexibility index (Phi) is 5.30. The minimum Gasteiger partial charge on any atom is -0.339 e. The molecule has 0 aliphatic carbocycles. The van der Waals surface area contributed by atoms with Crippen molar-refractivity contribution >= 4 is 5.91 Å². The van der Waals surface area contributed by atoms with Crippen molar-refractivity contribution in [3.05, 3.63) is 30.1 Å². The van der Waals surface area contributed by atoms with Crippen molar-refractivity contribution in [2.75, 3.05) is 46.3 Å². The molecule has 104 valence electrons. The summed E-state index contributed by atoms with van der Waals surface area (Å²) >= 11 is 0. The maximum absolute atomic E-state index is 12.1. The van der Waals surface area contributed by atoms with Gasteiger partial charge in [-0.05, 0) is 25.1 Å². The molecule has 0 atom stereocenters. The van der Waals surface area contributed by atoms with Crippen LogP contribution < -0.4 is 5.32 Å². The number of carbonyl (C=O) groups is 1. The van der Waals surface area contributed by atoms with Gasteiger partial charge in [-0.3, -0.25) is 14.7 Å². The lowest BCUT2D eigenvalue weighted by Gasteiger charge is -2.29. The molecule has 1 fully saturated rings. The smallest absolute Gasteiger partial charge is 0.236 e. The summed E-state index contributed by atoms with van der Waals surface area (Å²) in [7, 11) is 2.00. The van der Waals surface area contributed by atoms with Crippen molar-refractivity contribution in [3.8, 4) is 0 Å². The van der Waals surface area contributed by atoms with E-state index in [1.807, 2.05) is 24.2 Å². The lowest BCUT2D eigenvalue weighted by Crippen LogP contribution is -2.49. The highest BCUT2D eigenvalue weighted by atomic mass is 16.2. The maximum atomic E-state index is 12.1. The molecule has 0 radical (unpaired) electrons. The molecule has 1 saturated heterocycles. The highest BCUT2D eigenvalue weighted by molar-refractivity contribution is 5.78. The Bertz CT molecular complexity index is 390. The first-order chi connectivity index (χ1) is 9.25. The first kappa shape index (κ1) is 14.0. The summed E-state index contributed by atoms with van der Waals surface area (Å²) < 4.78 is 0. The average molecular weight is 262 g/mol. The third kappa shape index (κ3) is 4.61. The zero-order valence-electron chi connectivity index (χ0n) is 11.5. The standard InChI is InChI=1S/C14H22N4O/c1-17(8-4-13-3-2-5-16-11-13)12-14(19)18-9-6-15-7-10-18/h2-3,5,11,15H,4,6-10,12H2,1H3. The summed E-state index contributed by atoms with van der Waals surface area (Å²) in [5.74, 6) is 0.232. The number of amides is 1. The summed E-state index contributed by atoms with van der Waals surface area (Å²) in [6.07, 6.45) is 4.59. The third-order valence-electron chi connectivity index (χ3n) is 3.38. The normalized spacial score (nSPS) is 15.8. The van der Waals surface area contributed by atoms with Crippen LogP contribution in [0.1, 0.15) is 5.56 Å². The Morgan fingerprint density at radius 2 is 2.26 bits per heavy atom. The van der Waals surface area contributed by atoms with Crippen LogP contribution in [-0.4, -0.2) is 67.0 Å². The molecule has 0 bridgehead atoms. The Balaban J connectivity index is 1.71. The largest absolute Gasteiger partial charge is 0.339 e. The van der Waals surface area contributed by atoms with Gasteiger partial charge in [0.15, 0.2) is 0 Å². The van der Waals surface area contributed by atoms with Gasteiger partial charge in [0.2, 0.25) is 5.91 Å². The van der Waals surface area contributed by atoms with Gasteiger partial charge in [0.1, 0.15) is 0 Å². The second-order valence-corrected chi connectivity index (χ2v) is 4.98. The molecule has 5 heteroatoms. The second-order valence-electron chi connectivity index (χ2n) is 4.98. The minimum absolute atomic E-state index is 0.232. The van der Waals surface area contributed by atoms with Crippen LogP contribution in [0, 0.1) is 0 Å². The SMILES string of the molecule is CN(CCc1cccnc1)CC(=O)N1CCNCC1. The number of rotatable bonds is 5. The maximum Gasteiger partial charge on any atom is 0.236 e. The van der Waals surface area contributed by atoms with Crippen molar-refractivity contribution in [1.82, 2.24) is 20.1 Å². The van der Waals surface area contributed by atoms with Crippen molar-refractivity contribution in [2.24, 2.45) is 0 Å². The van der Waals surface area contributed by atoms with Crippen LogP contribution in [0.3, 0.4) is 0 Å². The summed E-state index contributed by atoms with van der Waals surface area (Å²) in [4.78, 5) is 20.2. The van der Waals surface area contributed by atoms with Gasteiger partial charge >= 0.3 is 0 Å². The van der Waals surface area contributed by atoms with Crippen LogP contribution in [-0.2, 0) is 11.2 Å². The van der Waals surface area contributed by atoms with E-state index in [1.54, 1.807) is 6.20 Å². The molecular formula is C14H22N4O. The van der Waals surface area contributed by atoms with Gasteiger partial charge in [-0.25, -0.2) is 0 Å². The monoisotopic (exact) mass is 262 g/mol. The molecule has 0 unspecified atom stereocenters. The minimum atomic E-state index is 0.232.